The zero-order valence-corrected chi connectivity index (χ0v) is 11.1. The second kappa shape index (κ2) is 5.67. The van der Waals surface area contributed by atoms with Crippen LogP contribution in [0.1, 0.15) is 16.7 Å². The van der Waals surface area contributed by atoms with Gasteiger partial charge in [0.05, 0.1) is 19.9 Å². The molecule has 1 aromatic carbocycles. The van der Waals surface area contributed by atoms with Gasteiger partial charge in [0, 0.05) is 18.2 Å². The zero-order chi connectivity index (χ0) is 13.8. The first-order valence-corrected chi connectivity index (χ1v) is 6.03. The highest BCUT2D eigenvalue weighted by Crippen LogP contribution is 2.19. The predicted octanol–water partition coefficient (Wildman–Crippen LogP) is 1.07. The molecule has 0 saturated carbocycles. The Balaban J connectivity index is 2.30. The van der Waals surface area contributed by atoms with Crippen LogP contribution in [-0.2, 0) is 13.1 Å². The highest BCUT2D eigenvalue weighted by molar-refractivity contribution is 5.37. The number of methoxy groups -OCH3 is 1. The maximum Gasteiger partial charge on any atom is 0.267 e. The third-order valence-electron chi connectivity index (χ3n) is 2.90. The van der Waals surface area contributed by atoms with Crippen LogP contribution < -0.4 is 16.0 Å². The summed E-state index contributed by atoms with van der Waals surface area (Å²) in [6.07, 6.45) is 1.68. The first-order chi connectivity index (χ1) is 9.13. The fourth-order valence-corrected chi connectivity index (χ4v) is 1.91. The van der Waals surface area contributed by atoms with E-state index in [0.717, 1.165) is 22.4 Å². The molecule has 1 aromatic heterocycles. The topological polar surface area (TPSA) is 70.1 Å². The Labute approximate surface area is 111 Å². The molecular formula is C14H17N3O2. The molecule has 0 radical (unpaired) electrons. The van der Waals surface area contributed by atoms with Gasteiger partial charge in [-0.1, -0.05) is 6.07 Å². The molecule has 0 aliphatic heterocycles. The van der Waals surface area contributed by atoms with Crippen LogP contribution in [0.5, 0.6) is 5.75 Å². The number of rotatable bonds is 4. The first kappa shape index (κ1) is 13.3. The Morgan fingerprint density at radius 2 is 2.16 bits per heavy atom. The van der Waals surface area contributed by atoms with E-state index in [1.807, 2.05) is 25.1 Å². The summed E-state index contributed by atoms with van der Waals surface area (Å²) in [5.74, 6) is 0.760. The monoisotopic (exact) mass is 259 g/mol. The maximum absolute atomic E-state index is 11.8. The summed E-state index contributed by atoms with van der Waals surface area (Å²) in [6.45, 7) is 2.67. The highest BCUT2D eigenvalue weighted by atomic mass is 16.5. The van der Waals surface area contributed by atoms with Crippen molar-refractivity contribution in [3.05, 3.63) is 57.5 Å². The Kier molecular flexibility index (Phi) is 3.97. The minimum absolute atomic E-state index is 0.106. The third-order valence-corrected chi connectivity index (χ3v) is 2.90. The molecule has 0 saturated heterocycles. The van der Waals surface area contributed by atoms with Crippen molar-refractivity contribution in [3.63, 3.8) is 0 Å². The van der Waals surface area contributed by atoms with Gasteiger partial charge in [0.15, 0.2) is 0 Å². The second-order valence-electron chi connectivity index (χ2n) is 4.38. The summed E-state index contributed by atoms with van der Waals surface area (Å²) in [6, 6.07) is 7.27. The molecule has 0 spiro atoms. The van der Waals surface area contributed by atoms with Crippen molar-refractivity contribution in [2.24, 2.45) is 5.73 Å². The molecule has 2 aromatic rings. The number of hydrogen-bond donors (Lipinski definition) is 1. The van der Waals surface area contributed by atoms with Gasteiger partial charge in [-0.25, -0.2) is 4.68 Å². The molecular weight excluding hydrogens is 242 g/mol. The summed E-state index contributed by atoms with van der Waals surface area (Å²) < 4.78 is 6.64. The van der Waals surface area contributed by atoms with E-state index in [-0.39, 0.29) is 5.56 Å². The van der Waals surface area contributed by atoms with Gasteiger partial charge >= 0.3 is 0 Å². The standard InChI is InChI=1S/C14H17N3O2/c1-10-5-14(18)17(16-8-10)9-11-3-4-13(19-2)12(6-11)7-15/h3-6,8H,7,9,15H2,1-2H3. The van der Waals surface area contributed by atoms with E-state index in [9.17, 15) is 4.79 Å². The number of aryl methyl sites for hydroxylation is 1. The van der Waals surface area contributed by atoms with E-state index in [1.54, 1.807) is 19.4 Å². The van der Waals surface area contributed by atoms with Crippen molar-refractivity contribution in [2.45, 2.75) is 20.0 Å². The Morgan fingerprint density at radius 1 is 1.37 bits per heavy atom. The molecule has 2 rings (SSSR count). The van der Waals surface area contributed by atoms with Gasteiger partial charge < -0.3 is 10.5 Å². The minimum atomic E-state index is -0.106. The third kappa shape index (κ3) is 3.00. The molecule has 0 unspecified atom stereocenters. The van der Waals surface area contributed by atoms with Crippen LogP contribution >= 0.6 is 0 Å². The highest BCUT2D eigenvalue weighted by Gasteiger charge is 2.05. The lowest BCUT2D eigenvalue weighted by molar-refractivity contribution is 0.409. The SMILES string of the molecule is COc1ccc(Cn2ncc(C)cc2=O)cc1CN. The largest absolute Gasteiger partial charge is 0.496 e. The first-order valence-electron chi connectivity index (χ1n) is 6.03. The summed E-state index contributed by atoms with van der Waals surface area (Å²) in [7, 11) is 1.61. The Hall–Kier alpha value is -2.14. The molecule has 0 atom stereocenters. The van der Waals surface area contributed by atoms with Crippen LogP contribution in [-0.4, -0.2) is 16.9 Å². The summed E-state index contributed by atoms with van der Waals surface area (Å²) in [5, 5.41) is 4.11. The van der Waals surface area contributed by atoms with Crippen molar-refractivity contribution in [3.8, 4) is 5.75 Å². The minimum Gasteiger partial charge on any atom is -0.496 e. The lowest BCUT2D eigenvalue weighted by Crippen LogP contribution is -2.22. The lowest BCUT2D eigenvalue weighted by atomic mass is 10.1. The summed E-state index contributed by atoms with van der Waals surface area (Å²) in [5.41, 5.74) is 8.32. The summed E-state index contributed by atoms with van der Waals surface area (Å²) in [4.78, 5) is 11.8. The average molecular weight is 259 g/mol. The molecule has 100 valence electrons. The number of hydrogen-bond acceptors (Lipinski definition) is 4. The van der Waals surface area contributed by atoms with Gasteiger partial charge in [-0.3, -0.25) is 4.79 Å². The number of ether oxygens (including phenoxy) is 1. The van der Waals surface area contributed by atoms with Crippen molar-refractivity contribution in [1.29, 1.82) is 0 Å². The van der Waals surface area contributed by atoms with E-state index in [2.05, 4.69) is 5.10 Å². The number of nitrogens with two attached hydrogens (primary N) is 1. The fourth-order valence-electron chi connectivity index (χ4n) is 1.91. The van der Waals surface area contributed by atoms with Gasteiger partial charge in [0.1, 0.15) is 5.75 Å². The molecule has 0 bridgehead atoms. The number of nitrogens with zero attached hydrogens (tertiary/aromatic N) is 2. The van der Waals surface area contributed by atoms with Gasteiger partial charge in [-0.05, 0) is 30.2 Å². The molecule has 0 aliphatic rings. The van der Waals surface area contributed by atoms with Gasteiger partial charge in [0.2, 0.25) is 0 Å². The molecule has 19 heavy (non-hydrogen) atoms. The molecule has 2 N–H and O–H groups in total. The van der Waals surface area contributed by atoms with E-state index in [4.69, 9.17) is 10.5 Å². The van der Waals surface area contributed by atoms with Crippen LogP contribution in [0.2, 0.25) is 0 Å². The quantitative estimate of drug-likeness (QED) is 0.891. The van der Waals surface area contributed by atoms with Gasteiger partial charge in [0.25, 0.3) is 5.56 Å². The van der Waals surface area contributed by atoms with Crippen LogP contribution in [0.15, 0.2) is 35.3 Å². The van der Waals surface area contributed by atoms with E-state index in [0.29, 0.717) is 13.1 Å². The van der Waals surface area contributed by atoms with Crippen molar-refractivity contribution >= 4 is 0 Å². The molecule has 0 amide bonds. The fraction of sp³-hybridized carbons (Fsp3) is 0.286. The predicted molar refractivity (Wildman–Crippen MR) is 73.2 cm³/mol. The number of benzene rings is 1. The average Bonchev–Trinajstić information content (AvgIpc) is 2.41. The molecule has 0 aliphatic carbocycles. The Bertz CT molecular complexity index is 635. The maximum atomic E-state index is 11.8. The zero-order valence-electron chi connectivity index (χ0n) is 11.1. The normalized spacial score (nSPS) is 10.5. The van der Waals surface area contributed by atoms with Crippen molar-refractivity contribution in [2.75, 3.05) is 7.11 Å². The van der Waals surface area contributed by atoms with Gasteiger partial charge in [-0.15, -0.1) is 0 Å². The van der Waals surface area contributed by atoms with E-state index < -0.39 is 0 Å². The molecule has 1 heterocycles. The number of aromatic nitrogens is 2. The van der Waals surface area contributed by atoms with Crippen molar-refractivity contribution in [1.82, 2.24) is 9.78 Å². The van der Waals surface area contributed by atoms with E-state index >= 15 is 0 Å². The smallest absolute Gasteiger partial charge is 0.267 e. The van der Waals surface area contributed by atoms with Crippen LogP contribution in [0.3, 0.4) is 0 Å². The second-order valence-corrected chi connectivity index (χ2v) is 4.38. The van der Waals surface area contributed by atoms with E-state index in [1.165, 1.54) is 4.68 Å². The van der Waals surface area contributed by atoms with Crippen LogP contribution in [0, 0.1) is 6.92 Å². The Morgan fingerprint density at radius 3 is 2.79 bits per heavy atom. The molecule has 5 nitrogen and oxygen atoms in total. The molecule has 5 heteroatoms. The summed E-state index contributed by atoms with van der Waals surface area (Å²) >= 11 is 0. The van der Waals surface area contributed by atoms with Crippen molar-refractivity contribution < 1.29 is 4.74 Å². The molecule has 0 fully saturated rings. The van der Waals surface area contributed by atoms with Crippen LogP contribution in [0.4, 0.5) is 0 Å². The van der Waals surface area contributed by atoms with Crippen LogP contribution in [0.25, 0.3) is 0 Å². The van der Waals surface area contributed by atoms with Gasteiger partial charge in [-0.2, -0.15) is 5.10 Å². The lowest BCUT2D eigenvalue weighted by Gasteiger charge is -2.10.